The Morgan fingerprint density at radius 1 is 1.30 bits per heavy atom. The maximum absolute atomic E-state index is 13.0. The summed E-state index contributed by atoms with van der Waals surface area (Å²) in [5.74, 6) is -0.345. The molecule has 6 heteroatoms. The topological polar surface area (TPSA) is 63.2 Å². The first-order valence-electron chi connectivity index (χ1n) is 8.09. The third-order valence-corrected chi connectivity index (χ3v) is 3.34. The highest BCUT2D eigenvalue weighted by atomic mass is 19.1. The van der Waals surface area contributed by atoms with E-state index in [2.05, 4.69) is 15.6 Å². The first-order chi connectivity index (χ1) is 10.7. The molecule has 0 saturated heterocycles. The van der Waals surface area contributed by atoms with Gasteiger partial charge in [0.15, 0.2) is 0 Å². The monoisotopic (exact) mass is 325 g/mol. The molecule has 1 rings (SSSR count). The molecule has 0 bridgehead atoms. The van der Waals surface area contributed by atoms with Crippen LogP contribution in [0.25, 0.3) is 0 Å². The van der Waals surface area contributed by atoms with Gasteiger partial charge in [-0.1, -0.05) is 13.8 Å². The summed E-state index contributed by atoms with van der Waals surface area (Å²) in [5, 5.41) is 6.23. The van der Waals surface area contributed by atoms with Gasteiger partial charge in [0, 0.05) is 18.6 Å². The number of rotatable bonds is 7. The van der Waals surface area contributed by atoms with Crippen molar-refractivity contribution in [1.82, 2.24) is 15.6 Å². The highest BCUT2D eigenvalue weighted by Gasteiger charge is 2.19. The van der Waals surface area contributed by atoms with Crippen LogP contribution in [-0.4, -0.2) is 29.3 Å². The number of hydrogen-bond donors (Lipinski definition) is 2. The van der Waals surface area contributed by atoms with E-state index in [9.17, 15) is 9.18 Å². The van der Waals surface area contributed by atoms with Crippen LogP contribution in [0.1, 0.15) is 59.2 Å². The Bertz CT molecular complexity index is 486. The first-order valence-corrected chi connectivity index (χ1v) is 8.09. The number of amides is 1. The van der Waals surface area contributed by atoms with Crippen molar-refractivity contribution in [3.8, 4) is 0 Å². The summed E-state index contributed by atoms with van der Waals surface area (Å²) >= 11 is 0. The van der Waals surface area contributed by atoms with Crippen LogP contribution in [0.3, 0.4) is 0 Å². The molecule has 23 heavy (non-hydrogen) atoms. The van der Waals surface area contributed by atoms with Crippen molar-refractivity contribution in [3.63, 3.8) is 0 Å². The molecule has 0 radical (unpaired) electrons. The van der Waals surface area contributed by atoms with Gasteiger partial charge in [0.25, 0.3) is 0 Å². The number of halogens is 1. The predicted octanol–water partition coefficient (Wildman–Crippen LogP) is 3.56. The lowest BCUT2D eigenvalue weighted by molar-refractivity contribution is 0.0521. The molecule has 1 amide bonds. The standard InChI is InChI=1S/C17H28FN3O2/c1-6-13(11-20-16(22)23-17(3,4)5)21-14(7-2)15-9-8-12(18)10-19-15/h8-10,13-14,21H,6-7,11H2,1-5H3,(H,20,22). The summed E-state index contributed by atoms with van der Waals surface area (Å²) in [6.07, 6.45) is 2.46. The van der Waals surface area contributed by atoms with E-state index in [-0.39, 0.29) is 17.9 Å². The predicted molar refractivity (Wildman–Crippen MR) is 88.7 cm³/mol. The lowest BCUT2D eigenvalue weighted by Crippen LogP contribution is -2.43. The largest absolute Gasteiger partial charge is 0.444 e. The fourth-order valence-corrected chi connectivity index (χ4v) is 2.13. The first kappa shape index (κ1) is 19.4. The molecule has 0 spiro atoms. The molecule has 1 aromatic rings. The minimum atomic E-state index is -0.511. The van der Waals surface area contributed by atoms with Crippen LogP contribution in [0.15, 0.2) is 18.3 Å². The van der Waals surface area contributed by atoms with E-state index in [0.29, 0.717) is 6.54 Å². The lowest BCUT2D eigenvalue weighted by Gasteiger charge is -2.25. The summed E-state index contributed by atoms with van der Waals surface area (Å²) in [4.78, 5) is 15.9. The average molecular weight is 325 g/mol. The van der Waals surface area contributed by atoms with Crippen LogP contribution >= 0.6 is 0 Å². The smallest absolute Gasteiger partial charge is 0.407 e. The number of alkyl carbamates (subject to hydrolysis) is 1. The zero-order valence-electron chi connectivity index (χ0n) is 14.6. The number of nitrogens with zero attached hydrogens (tertiary/aromatic N) is 1. The SMILES string of the molecule is CCC(CNC(=O)OC(C)(C)C)NC(CC)c1ccc(F)cn1. The third kappa shape index (κ3) is 7.41. The molecule has 130 valence electrons. The van der Waals surface area contributed by atoms with E-state index in [1.807, 2.05) is 34.6 Å². The number of ether oxygens (including phenoxy) is 1. The van der Waals surface area contributed by atoms with E-state index in [1.54, 1.807) is 6.07 Å². The van der Waals surface area contributed by atoms with Gasteiger partial charge in [0.1, 0.15) is 11.4 Å². The van der Waals surface area contributed by atoms with Crippen LogP contribution in [0.2, 0.25) is 0 Å². The minimum absolute atomic E-state index is 0.0148. The van der Waals surface area contributed by atoms with Crippen LogP contribution < -0.4 is 10.6 Å². The molecule has 1 aromatic heterocycles. The van der Waals surface area contributed by atoms with Crippen molar-refractivity contribution in [2.45, 2.75) is 65.1 Å². The van der Waals surface area contributed by atoms with E-state index in [1.165, 1.54) is 12.3 Å². The zero-order valence-corrected chi connectivity index (χ0v) is 14.6. The molecule has 0 aliphatic heterocycles. The van der Waals surface area contributed by atoms with Gasteiger partial charge in [0.2, 0.25) is 0 Å². The van der Waals surface area contributed by atoms with Crippen molar-refractivity contribution in [1.29, 1.82) is 0 Å². The van der Waals surface area contributed by atoms with E-state index < -0.39 is 11.7 Å². The van der Waals surface area contributed by atoms with Gasteiger partial charge in [-0.25, -0.2) is 9.18 Å². The molecule has 2 atom stereocenters. The van der Waals surface area contributed by atoms with Crippen LogP contribution in [0.5, 0.6) is 0 Å². The van der Waals surface area contributed by atoms with Gasteiger partial charge < -0.3 is 15.4 Å². The summed E-state index contributed by atoms with van der Waals surface area (Å²) in [6, 6.07) is 3.19. The van der Waals surface area contributed by atoms with Crippen LogP contribution in [0, 0.1) is 5.82 Å². The van der Waals surface area contributed by atoms with Crippen molar-refractivity contribution in [2.75, 3.05) is 6.54 Å². The number of hydrogen-bond acceptors (Lipinski definition) is 4. The molecule has 2 N–H and O–H groups in total. The van der Waals surface area contributed by atoms with Gasteiger partial charge in [-0.2, -0.15) is 0 Å². The highest BCUT2D eigenvalue weighted by molar-refractivity contribution is 5.67. The third-order valence-electron chi connectivity index (χ3n) is 3.34. The van der Waals surface area contributed by atoms with E-state index in [4.69, 9.17) is 4.74 Å². The van der Waals surface area contributed by atoms with Gasteiger partial charge in [0.05, 0.1) is 11.9 Å². The molecule has 0 saturated carbocycles. The number of pyridine rings is 1. The second-order valence-electron chi connectivity index (χ2n) is 6.52. The van der Waals surface area contributed by atoms with Crippen molar-refractivity contribution in [2.24, 2.45) is 0 Å². The van der Waals surface area contributed by atoms with Crippen molar-refractivity contribution < 1.29 is 13.9 Å². The second-order valence-corrected chi connectivity index (χ2v) is 6.52. The molecule has 0 fully saturated rings. The fourth-order valence-electron chi connectivity index (χ4n) is 2.13. The van der Waals surface area contributed by atoms with Gasteiger partial charge >= 0.3 is 6.09 Å². The number of nitrogens with one attached hydrogen (secondary N) is 2. The summed E-state index contributed by atoms with van der Waals surface area (Å²) < 4.78 is 18.2. The number of aromatic nitrogens is 1. The average Bonchev–Trinajstić information content (AvgIpc) is 2.47. The Labute approximate surface area is 138 Å². The van der Waals surface area contributed by atoms with Crippen LogP contribution in [-0.2, 0) is 4.74 Å². The van der Waals surface area contributed by atoms with Crippen LogP contribution in [0.4, 0.5) is 9.18 Å². The molecular formula is C17H28FN3O2. The Kier molecular flexibility index (Phi) is 7.42. The fraction of sp³-hybridized carbons (Fsp3) is 0.647. The lowest BCUT2D eigenvalue weighted by atomic mass is 10.1. The highest BCUT2D eigenvalue weighted by Crippen LogP contribution is 2.15. The van der Waals surface area contributed by atoms with Gasteiger partial charge in [-0.05, 0) is 45.7 Å². The Morgan fingerprint density at radius 3 is 2.48 bits per heavy atom. The maximum atomic E-state index is 13.0. The molecular weight excluding hydrogens is 297 g/mol. The number of carbonyl (C=O) groups is 1. The molecule has 1 heterocycles. The number of carbonyl (C=O) groups excluding carboxylic acids is 1. The second kappa shape index (κ2) is 8.82. The minimum Gasteiger partial charge on any atom is -0.444 e. The van der Waals surface area contributed by atoms with Gasteiger partial charge in [-0.15, -0.1) is 0 Å². The molecule has 0 aliphatic carbocycles. The van der Waals surface area contributed by atoms with E-state index in [0.717, 1.165) is 18.5 Å². The molecule has 0 aliphatic rings. The van der Waals surface area contributed by atoms with Crippen molar-refractivity contribution >= 4 is 6.09 Å². The van der Waals surface area contributed by atoms with Gasteiger partial charge in [-0.3, -0.25) is 4.98 Å². The summed E-state index contributed by atoms with van der Waals surface area (Å²) in [7, 11) is 0. The molecule has 2 unspecified atom stereocenters. The van der Waals surface area contributed by atoms with E-state index >= 15 is 0 Å². The van der Waals surface area contributed by atoms with Crippen molar-refractivity contribution in [3.05, 3.63) is 29.8 Å². The zero-order chi connectivity index (χ0) is 17.5. The molecule has 0 aromatic carbocycles. The normalized spacial score (nSPS) is 14.2. The quantitative estimate of drug-likeness (QED) is 0.804. The molecule has 5 nitrogen and oxygen atoms in total. The Balaban J connectivity index is 2.56. The summed E-state index contributed by atoms with van der Waals surface area (Å²) in [5.41, 5.74) is 0.285. The maximum Gasteiger partial charge on any atom is 0.407 e. The Morgan fingerprint density at radius 2 is 2.00 bits per heavy atom. The summed E-state index contributed by atoms with van der Waals surface area (Å²) in [6.45, 7) is 10.0. The Hall–Kier alpha value is -1.69.